The van der Waals surface area contributed by atoms with Crippen molar-refractivity contribution in [3.63, 3.8) is 0 Å². The number of aromatic nitrogens is 1. The molecule has 5 nitrogen and oxygen atoms in total. The lowest BCUT2D eigenvalue weighted by Gasteiger charge is -2.34. The number of hydrogen-bond donors (Lipinski definition) is 1. The lowest BCUT2D eigenvalue weighted by Crippen LogP contribution is -2.46. The van der Waals surface area contributed by atoms with Gasteiger partial charge < -0.3 is 10.0 Å². The fourth-order valence-corrected chi connectivity index (χ4v) is 4.49. The van der Waals surface area contributed by atoms with Gasteiger partial charge in [-0.1, -0.05) is 42.5 Å². The van der Waals surface area contributed by atoms with Crippen LogP contribution >= 0.6 is 0 Å². The molecule has 5 rings (SSSR count). The predicted molar refractivity (Wildman–Crippen MR) is 121 cm³/mol. The summed E-state index contributed by atoms with van der Waals surface area (Å²) in [6.45, 7) is 5.93. The average molecular weight is 399 g/mol. The van der Waals surface area contributed by atoms with Crippen molar-refractivity contribution < 1.29 is 5.11 Å². The van der Waals surface area contributed by atoms with Crippen LogP contribution in [0.25, 0.3) is 27.4 Å². The van der Waals surface area contributed by atoms with E-state index in [1.807, 2.05) is 24.3 Å². The van der Waals surface area contributed by atoms with Crippen molar-refractivity contribution in [2.75, 3.05) is 32.7 Å². The van der Waals surface area contributed by atoms with Crippen molar-refractivity contribution >= 4 is 27.4 Å². The third-order valence-electron chi connectivity index (χ3n) is 6.16. The molecule has 1 fully saturated rings. The Hall–Kier alpha value is -3.02. The summed E-state index contributed by atoms with van der Waals surface area (Å²) in [5, 5.41) is 14.0. The molecule has 3 aromatic carbocycles. The third kappa shape index (κ3) is 3.62. The van der Waals surface area contributed by atoms with E-state index >= 15 is 0 Å². The zero-order valence-corrected chi connectivity index (χ0v) is 16.9. The normalized spacial score (nSPS) is 17.1. The monoisotopic (exact) mass is 399 g/mol. The van der Waals surface area contributed by atoms with Gasteiger partial charge >= 0.3 is 0 Å². The number of rotatable bonds is 5. The predicted octanol–water partition coefficient (Wildman–Crippen LogP) is 2.78. The van der Waals surface area contributed by atoms with Crippen molar-refractivity contribution in [3.05, 3.63) is 81.8 Å². The van der Waals surface area contributed by atoms with Crippen LogP contribution in [-0.4, -0.2) is 52.6 Å². The van der Waals surface area contributed by atoms with E-state index in [1.54, 1.807) is 6.07 Å². The second kappa shape index (κ2) is 8.01. The van der Waals surface area contributed by atoms with Crippen LogP contribution in [-0.2, 0) is 6.54 Å². The van der Waals surface area contributed by atoms with E-state index in [-0.39, 0.29) is 5.56 Å². The van der Waals surface area contributed by atoms with Gasteiger partial charge in [0.05, 0.1) is 10.9 Å². The van der Waals surface area contributed by atoms with E-state index in [1.165, 1.54) is 5.56 Å². The Bertz CT molecular complexity index is 1260. The summed E-state index contributed by atoms with van der Waals surface area (Å²) in [5.41, 5.74) is 1.87. The molecular formula is C25H25N3O2. The molecule has 0 atom stereocenters. The van der Waals surface area contributed by atoms with Crippen LogP contribution in [0.1, 0.15) is 12.0 Å². The van der Waals surface area contributed by atoms with Crippen LogP contribution in [0.2, 0.25) is 0 Å². The maximum Gasteiger partial charge on any atom is 0.278 e. The smallest absolute Gasteiger partial charge is 0.278 e. The highest BCUT2D eigenvalue weighted by atomic mass is 16.3. The van der Waals surface area contributed by atoms with Crippen LogP contribution in [0.15, 0.2) is 65.5 Å². The quantitative estimate of drug-likeness (QED) is 0.559. The van der Waals surface area contributed by atoms with Gasteiger partial charge in [0.25, 0.3) is 5.56 Å². The molecule has 0 spiro atoms. The van der Waals surface area contributed by atoms with E-state index < -0.39 is 0 Å². The molecule has 1 aliphatic rings. The molecular weight excluding hydrogens is 374 g/mol. The van der Waals surface area contributed by atoms with Crippen LogP contribution in [0, 0.1) is 0 Å². The van der Waals surface area contributed by atoms with Gasteiger partial charge in [0.15, 0.2) is 0 Å². The highest BCUT2D eigenvalue weighted by molar-refractivity contribution is 6.09. The van der Waals surface area contributed by atoms with Gasteiger partial charge in [-0.15, -0.1) is 0 Å². The van der Waals surface area contributed by atoms with Gasteiger partial charge in [0.2, 0.25) is 0 Å². The largest absolute Gasteiger partial charge is 0.512 e. The van der Waals surface area contributed by atoms with Gasteiger partial charge in [0, 0.05) is 56.3 Å². The molecule has 1 aromatic heterocycles. The molecule has 152 valence electrons. The van der Waals surface area contributed by atoms with Crippen LogP contribution < -0.4 is 10.8 Å². The number of benzene rings is 3. The maximum absolute atomic E-state index is 12.1. The first-order chi connectivity index (χ1) is 14.7. The van der Waals surface area contributed by atoms with Gasteiger partial charge in [-0.3, -0.25) is 9.69 Å². The standard InChI is InChI=1S/C25H25N3O2/c29-23(19-9-10-22-24-20(19)7-4-8-21(24)25(30)26-22)11-12-27-13-15-28(16-14-27)17-18-5-2-1-3-6-18/h1-10,29H,11-17H2/b23-19+. The molecule has 0 radical (unpaired) electrons. The summed E-state index contributed by atoms with van der Waals surface area (Å²) in [5.74, 6) is 0.379. The Balaban J connectivity index is 1.27. The van der Waals surface area contributed by atoms with E-state index in [2.05, 4.69) is 45.1 Å². The number of hydrogen-bond acceptors (Lipinski definition) is 5. The molecule has 30 heavy (non-hydrogen) atoms. The van der Waals surface area contributed by atoms with E-state index in [9.17, 15) is 9.90 Å². The van der Waals surface area contributed by atoms with Crippen LogP contribution in [0.3, 0.4) is 0 Å². The first-order valence-electron chi connectivity index (χ1n) is 10.5. The average Bonchev–Trinajstić information content (AvgIpc) is 3.11. The molecule has 0 aliphatic carbocycles. The first-order valence-corrected chi connectivity index (χ1v) is 10.5. The number of nitrogens with zero attached hydrogens (tertiary/aromatic N) is 3. The topological polar surface area (TPSA) is 56.7 Å². The summed E-state index contributed by atoms with van der Waals surface area (Å²) >= 11 is 0. The highest BCUT2D eigenvalue weighted by Gasteiger charge is 2.17. The minimum absolute atomic E-state index is 0.194. The SMILES string of the molecule is O=c1nc2cc/c(=C(\O)CCN3CCN(Cc4ccccc4)CC3)c3cccc1c23. The number of aliphatic hydroxyl groups excluding tert-OH is 1. The van der Waals surface area contributed by atoms with Gasteiger partial charge in [-0.05, 0) is 29.1 Å². The zero-order valence-electron chi connectivity index (χ0n) is 16.9. The Morgan fingerprint density at radius 3 is 2.40 bits per heavy atom. The molecule has 0 saturated carbocycles. The Labute approximate surface area is 175 Å². The van der Waals surface area contributed by atoms with Crippen molar-refractivity contribution in [2.24, 2.45) is 0 Å². The minimum Gasteiger partial charge on any atom is -0.512 e. The summed E-state index contributed by atoms with van der Waals surface area (Å²) < 4.78 is 0. The first kappa shape index (κ1) is 19.0. The van der Waals surface area contributed by atoms with Gasteiger partial charge in [0.1, 0.15) is 5.76 Å². The highest BCUT2D eigenvalue weighted by Crippen LogP contribution is 2.21. The lowest BCUT2D eigenvalue weighted by molar-refractivity contribution is 0.128. The molecule has 5 heteroatoms. The van der Waals surface area contributed by atoms with Crippen molar-refractivity contribution in [2.45, 2.75) is 13.0 Å². The van der Waals surface area contributed by atoms with E-state index in [0.29, 0.717) is 23.1 Å². The van der Waals surface area contributed by atoms with E-state index in [4.69, 9.17) is 0 Å². The Morgan fingerprint density at radius 1 is 0.867 bits per heavy atom. The molecule has 1 aliphatic heterocycles. The minimum atomic E-state index is -0.194. The van der Waals surface area contributed by atoms with E-state index in [0.717, 1.165) is 55.3 Å². The molecule has 2 heterocycles. The number of aliphatic hydroxyl groups is 1. The van der Waals surface area contributed by atoms with Gasteiger partial charge in [-0.25, -0.2) is 4.98 Å². The Kier molecular flexibility index (Phi) is 5.07. The molecule has 0 unspecified atom stereocenters. The second-order valence-corrected chi connectivity index (χ2v) is 8.08. The van der Waals surface area contributed by atoms with Gasteiger partial charge in [-0.2, -0.15) is 0 Å². The molecule has 0 amide bonds. The molecule has 1 N–H and O–H groups in total. The fourth-order valence-electron chi connectivity index (χ4n) is 4.49. The third-order valence-corrected chi connectivity index (χ3v) is 6.16. The second-order valence-electron chi connectivity index (χ2n) is 8.08. The summed E-state index contributed by atoms with van der Waals surface area (Å²) in [6.07, 6.45) is 0.600. The lowest BCUT2D eigenvalue weighted by atomic mass is 10.0. The number of piperazine rings is 1. The Morgan fingerprint density at radius 2 is 1.60 bits per heavy atom. The maximum atomic E-state index is 12.1. The molecule has 1 saturated heterocycles. The summed E-state index contributed by atoms with van der Waals surface area (Å²) in [6, 6.07) is 20.0. The summed E-state index contributed by atoms with van der Waals surface area (Å²) in [4.78, 5) is 21.1. The van der Waals surface area contributed by atoms with Crippen LogP contribution in [0.5, 0.6) is 0 Å². The van der Waals surface area contributed by atoms with Crippen molar-refractivity contribution in [1.82, 2.24) is 14.8 Å². The molecule has 4 aromatic rings. The van der Waals surface area contributed by atoms with Crippen molar-refractivity contribution in [3.8, 4) is 0 Å². The fraction of sp³-hybridized carbons (Fsp3) is 0.280. The zero-order chi connectivity index (χ0) is 20.5. The van der Waals surface area contributed by atoms with Crippen molar-refractivity contribution in [1.29, 1.82) is 0 Å². The molecule has 0 bridgehead atoms. The summed E-state index contributed by atoms with van der Waals surface area (Å²) in [7, 11) is 0. The van der Waals surface area contributed by atoms with Crippen LogP contribution in [0.4, 0.5) is 0 Å².